The first-order chi connectivity index (χ1) is 19.2. The number of ether oxygens (including phenoxy) is 1. The fourth-order valence-electron chi connectivity index (χ4n) is 3.62. The van der Waals surface area contributed by atoms with Gasteiger partial charge in [0.05, 0.1) is 43.6 Å². The number of anilines is 1. The quantitative estimate of drug-likeness (QED) is 0.126. The Morgan fingerprint density at radius 1 is 0.975 bits per heavy atom. The van der Waals surface area contributed by atoms with Crippen LogP contribution in [0.5, 0.6) is 17.2 Å². The number of aromatic nitrogens is 4. The largest absolute Gasteiger partial charge is 0.504 e. The van der Waals surface area contributed by atoms with Crippen LogP contribution in [0.2, 0.25) is 10.0 Å². The van der Waals surface area contributed by atoms with Crippen LogP contribution in [0.4, 0.5) is 5.95 Å². The van der Waals surface area contributed by atoms with Gasteiger partial charge in [0.2, 0.25) is 16.0 Å². The van der Waals surface area contributed by atoms with E-state index in [1.54, 1.807) is 30.3 Å². The lowest BCUT2D eigenvalue weighted by Crippen LogP contribution is -2.28. The minimum atomic E-state index is -3.88. The van der Waals surface area contributed by atoms with Gasteiger partial charge in [0, 0.05) is 24.2 Å². The average Bonchev–Trinajstić information content (AvgIpc) is 3.34. The van der Waals surface area contributed by atoms with Crippen LogP contribution in [0.3, 0.4) is 0 Å². The van der Waals surface area contributed by atoms with E-state index >= 15 is 0 Å². The molecule has 2 heterocycles. The summed E-state index contributed by atoms with van der Waals surface area (Å²) < 4.78 is 33.8. The van der Waals surface area contributed by atoms with Crippen molar-refractivity contribution in [3.05, 3.63) is 75.8 Å². The van der Waals surface area contributed by atoms with Gasteiger partial charge in [-0.25, -0.2) is 23.1 Å². The van der Waals surface area contributed by atoms with E-state index in [9.17, 15) is 18.6 Å². The zero-order valence-corrected chi connectivity index (χ0v) is 23.5. The van der Waals surface area contributed by atoms with Gasteiger partial charge in [-0.05, 0) is 36.4 Å². The number of halogens is 2. The second-order valence-electron chi connectivity index (χ2n) is 8.25. The van der Waals surface area contributed by atoms with E-state index in [2.05, 4.69) is 30.2 Å². The van der Waals surface area contributed by atoms with Gasteiger partial charge >= 0.3 is 0 Å². The number of phenols is 2. The van der Waals surface area contributed by atoms with Crippen molar-refractivity contribution in [1.82, 2.24) is 24.9 Å². The third-order valence-electron chi connectivity index (χ3n) is 5.50. The fourth-order valence-corrected chi connectivity index (χ4v) is 6.13. The molecule has 206 valence electrons. The summed E-state index contributed by atoms with van der Waals surface area (Å²) in [4.78, 5) is 8.91. The summed E-state index contributed by atoms with van der Waals surface area (Å²) in [7, 11) is -3.88. The van der Waals surface area contributed by atoms with E-state index < -0.39 is 21.5 Å². The molecule has 0 aliphatic rings. The highest BCUT2D eigenvalue weighted by Gasteiger charge is 2.16. The number of nitrogens with one attached hydrogen (secondary N) is 2. The van der Waals surface area contributed by atoms with Crippen LogP contribution in [0, 0.1) is 0 Å². The number of hydrogen-bond donors (Lipinski definition) is 4. The maximum Gasteiger partial charge on any atom is 0.243 e. The van der Waals surface area contributed by atoms with E-state index in [0.717, 1.165) is 27.4 Å². The van der Waals surface area contributed by atoms with Crippen LogP contribution in [0.1, 0.15) is 5.01 Å². The highest BCUT2D eigenvalue weighted by Crippen LogP contribution is 2.33. The Labute approximate surface area is 242 Å². The van der Waals surface area contributed by atoms with Crippen LogP contribution in [-0.2, 0) is 16.6 Å². The van der Waals surface area contributed by atoms with Gasteiger partial charge in [-0.15, -0.1) is 16.4 Å². The lowest BCUT2D eigenvalue weighted by molar-refractivity contribution is 0.323. The molecule has 0 bridgehead atoms. The number of fused-ring (bicyclic) bond motifs is 1. The van der Waals surface area contributed by atoms with E-state index in [4.69, 9.17) is 27.9 Å². The first-order valence-electron chi connectivity index (χ1n) is 11.6. The summed E-state index contributed by atoms with van der Waals surface area (Å²) in [6.07, 6.45) is 1.49. The molecule has 0 aliphatic carbocycles. The topological polar surface area (TPSA) is 159 Å². The molecule has 0 amide bonds. The molecule has 2 aromatic heterocycles. The molecule has 0 saturated heterocycles. The lowest BCUT2D eigenvalue weighted by atomic mass is 10.1. The number of phenolic OH excluding ortho intramolecular Hbond substituents is 2. The van der Waals surface area contributed by atoms with Crippen molar-refractivity contribution >= 4 is 60.7 Å². The number of rotatable bonds is 10. The minimum absolute atomic E-state index is 0.0131. The number of aromatic hydroxyl groups is 2. The Bertz CT molecular complexity index is 1780. The number of sulfonamides is 1. The monoisotopic (exact) mass is 618 g/mol. The first-order valence-corrected chi connectivity index (χ1v) is 14.7. The smallest absolute Gasteiger partial charge is 0.243 e. The minimum Gasteiger partial charge on any atom is -0.504 e. The summed E-state index contributed by atoms with van der Waals surface area (Å²) in [5.41, 5.74) is 1.78. The molecule has 3 aromatic carbocycles. The molecule has 11 nitrogen and oxygen atoms in total. The van der Waals surface area contributed by atoms with Gasteiger partial charge in [0.15, 0.2) is 11.5 Å². The molecule has 0 unspecified atom stereocenters. The second-order valence-corrected chi connectivity index (χ2v) is 11.9. The second kappa shape index (κ2) is 11.8. The molecule has 0 radical (unpaired) electrons. The van der Waals surface area contributed by atoms with Gasteiger partial charge in [0.25, 0.3) is 0 Å². The molecule has 0 aliphatic heterocycles. The lowest BCUT2D eigenvalue weighted by Gasteiger charge is -2.09. The standard InChI is InChI=1S/C25H20Cl2N6O5S2/c26-16-2-1-3-17(27)24(16)19-12-29-33-25(32-19)28-13-23-31-18-10-14(4-7-22(18)39-23)38-9-8-30-40(36,37)15-5-6-20(34)21(35)11-15/h1-7,10-12,30,34-35H,8-9,13H2,(H,28,32,33). The van der Waals surface area contributed by atoms with Crippen molar-refractivity contribution in [2.45, 2.75) is 11.4 Å². The number of nitrogens with zero attached hydrogens (tertiary/aromatic N) is 4. The van der Waals surface area contributed by atoms with Crippen molar-refractivity contribution in [2.75, 3.05) is 18.5 Å². The summed E-state index contributed by atoms with van der Waals surface area (Å²) in [5.74, 6) is -0.112. The molecule has 5 rings (SSSR count). The Kier molecular flexibility index (Phi) is 8.19. The molecule has 15 heteroatoms. The first kappa shape index (κ1) is 27.8. The predicted molar refractivity (Wildman–Crippen MR) is 153 cm³/mol. The average molecular weight is 620 g/mol. The van der Waals surface area contributed by atoms with E-state index in [1.807, 2.05) is 6.07 Å². The van der Waals surface area contributed by atoms with E-state index in [-0.39, 0.29) is 18.0 Å². The van der Waals surface area contributed by atoms with Crippen LogP contribution in [0.25, 0.3) is 21.5 Å². The third kappa shape index (κ3) is 6.35. The van der Waals surface area contributed by atoms with Gasteiger partial charge < -0.3 is 20.3 Å². The Hall–Kier alpha value is -3.75. The summed E-state index contributed by atoms with van der Waals surface area (Å²) >= 11 is 14.1. The van der Waals surface area contributed by atoms with Crippen LogP contribution >= 0.6 is 34.5 Å². The molecular weight excluding hydrogens is 599 g/mol. The molecule has 5 aromatic rings. The number of hydrogen-bond acceptors (Lipinski definition) is 11. The van der Waals surface area contributed by atoms with Gasteiger partial charge in [-0.2, -0.15) is 5.10 Å². The van der Waals surface area contributed by atoms with E-state index in [0.29, 0.717) is 39.5 Å². The van der Waals surface area contributed by atoms with Gasteiger partial charge in [0.1, 0.15) is 17.4 Å². The SMILES string of the molecule is O=S(=O)(NCCOc1ccc2sc(CNc3nncc(-c4c(Cl)cccc4Cl)n3)nc2c1)c1ccc(O)c(O)c1. The highest BCUT2D eigenvalue weighted by atomic mass is 35.5. The molecule has 4 N–H and O–H groups in total. The Morgan fingerprint density at radius 3 is 2.55 bits per heavy atom. The Morgan fingerprint density at radius 2 is 1.77 bits per heavy atom. The van der Waals surface area contributed by atoms with Crippen molar-refractivity contribution in [2.24, 2.45) is 0 Å². The van der Waals surface area contributed by atoms with Gasteiger partial charge in [-0.3, -0.25) is 0 Å². The number of thiazole rings is 1. The van der Waals surface area contributed by atoms with Gasteiger partial charge in [-0.1, -0.05) is 29.3 Å². The van der Waals surface area contributed by atoms with Crippen molar-refractivity contribution in [1.29, 1.82) is 0 Å². The highest BCUT2D eigenvalue weighted by molar-refractivity contribution is 7.89. The molecule has 0 atom stereocenters. The molecule has 40 heavy (non-hydrogen) atoms. The molecule has 0 spiro atoms. The van der Waals surface area contributed by atoms with Crippen molar-refractivity contribution < 1.29 is 23.4 Å². The third-order valence-corrected chi connectivity index (χ3v) is 8.62. The molecule has 0 fully saturated rings. The maximum absolute atomic E-state index is 12.4. The van der Waals surface area contributed by atoms with E-state index in [1.165, 1.54) is 23.6 Å². The fraction of sp³-hybridized carbons (Fsp3) is 0.120. The van der Waals surface area contributed by atoms with Crippen LogP contribution in [0.15, 0.2) is 65.7 Å². The summed E-state index contributed by atoms with van der Waals surface area (Å²) in [6.45, 7) is 0.399. The van der Waals surface area contributed by atoms with Crippen molar-refractivity contribution in [3.63, 3.8) is 0 Å². The summed E-state index contributed by atoms with van der Waals surface area (Å²) in [5, 5.41) is 31.7. The predicted octanol–water partition coefficient (Wildman–Crippen LogP) is 4.84. The zero-order chi connectivity index (χ0) is 28.3. The summed E-state index contributed by atoms with van der Waals surface area (Å²) in [6, 6.07) is 13.9. The van der Waals surface area contributed by atoms with Crippen LogP contribution < -0.4 is 14.8 Å². The number of benzene rings is 3. The van der Waals surface area contributed by atoms with Crippen LogP contribution in [-0.4, -0.2) is 51.9 Å². The molecule has 0 saturated carbocycles. The molecular formula is C25H20Cl2N6O5S2. The zero-order valence-electron chi connectivity index (χ0n) is 20.4. The Balaban J connectivity index is 1.18. The van der Waals surface area contributed by atoms with Crippen molar-refractivity contribution in [3.8, 4) is 28.5 Å². The maximum atomic E-state index is 12.4. The normalized spacial score (nSPS) is 11.6.